The molecule has 1 aromatic rings. The van der Waals surface area contributed by atoms with Crippen LogP contribution in [0.4, 0.5) is 4.39 Å². The second-order valence-electron chi connectivity index (χ2n) is 4.90. The van der Waals surface area contributed by atoms with Crippen molar-refractivity contribution in [2.45, 2.75) is 19.9 Å². The van der Waals surface area contributed by atoms with Crippen LogP contribution in [0.5, 0.6) is 0 Å². The van der Waals surface area contributed by atoms with Crippen molar-refractivity contribution in [3.63, 3.8) is 0 Å². The first-order valence-corrected chi connectivity index (χ1v) is 8.08. The summed E-state index contributed by atoms with van der Waals surface area (Å²) < 4.78 is 13.6. The van der Waals surface area contributed by atoms with E-state index in [9.17, 15) is 14.0 Å². The molecule has 1 amide bonds. The molecule has 0 spiro atoms. The second kappa shape index (κ2) is 6.72. The minimum atomic E-state index is -0.308. The first-order valence-electron chi connectivity index (χ1n) is 6.30. The van der Waals surface area contributed by atoms with E-state index >= 15 is 0 Å². The van der Waals surface area contributed by atoms with E-state index in [1.54, 1.807) is 17.0 Å². The molecule has 108 valence electrons. The van der Waals surface area contributed by atoms with Crippen LogP contribution in [0, 0.1) is 11.7 Å². The smallest absolute Gasteiger partial charge is 0.223 e. The number of rotatable bonds is 4. The van der Waals surface area contributed by atoms with E-state index in [0.717, 1.165) is 5.56 Å². The van der Waals surface area contributed by atoms with Crippen molar-refractivity contribution in [2.75, 3.05) is 12.3 Å². The highest BCUT2D eigenvalue weighted by Crippen LogP contribution is 2.25. The average Bonchev–Trinajstić information content (AvgIpc) is 2.72. The van der Waals surface area contributed by atoms with Crippen molar-refractivity contribution >= 4 is 38.7 Å². The fourth-order valence-corrected chi connectivity index (χ4v) is 3.33. The lowest BCUT2D eigenvalue weighted by Gasteiger charge is -2.17. The zero-order chi connectivity index (χ0) is 14.7. The van der Waals surface area contributed by atoms with Gasteiger partial charge in [0.25, 0.3) is 0 Å². The normalized spacial score (nSPS) is 18.6. The molecule has 3 nitrogen and oxygen atoms in total. The van der Waals surface area contributed by atoms with Gasteiger partial charge in [-0.25, -0.2) is 4.39 Å². The van der Waals surface area contributed by atoms with E-state index < -0.39 is 0 Å². The summed E-state index contributed by atoms with van der Waals surface area (Å²) >= 11 is 4.41. The third-order valence-corrected chi connectivity index (χ3v) is 4.83. The molecule has 20 heavy (non-hydrogen) atoms. The number of hydrogen-bond acceptors (Lipinski definition) is 3. The van der Waals surface area contributed by atoms with Crippen LogP contribution in [0.2, 0.25) is 0 Å². The number of hydrogen-bond donors (Lipinski definition) is 0. The lowest BCUT2D eigenvalue weighted by molar-refractivity contribution is -0.128. The number of halogens is 2. The fourth-order valence-electron chi connectivity index (χ4n) is 2.21. The van der Waals surface area contributed by atoms with Crippen LogP contribution >= 0.6 is 27.7 Å². The zero-order valence-corrected chi connectivity index (χ0v) is 13.5. The Kier molecular flexibility index (Phi) is 5.21. The fraction of sp³-hybridized carbons (Fsp3) is 0.429. The Balaban J connectivity index is 1.94. The molecule has 0 radical (unpaired) electrons. The Hall–Kier alpha value is -0.880. The molecule has 1 saturated heterocycles. The third kappa shape index (κ3) is 4.06. The minimum Gasteiger partial charge on any atom is -0.338 e. The van der Waals surface area contributed by atoms with Crippen LogP contribution < -0.4 is 0 Å². The van der Waals surface area contributed by atoms with Crippen LogP contribution in [0.1, 0.15) is 18.9 Å². The Morgan fingerprint density at radius 1 is 1.55 bits per heavy atom. The first kappa shape index (κ1) is 15.5. The Labute approximate surface area is 130 Å². The summed E-state index contributed by atoms with van der Waals surface area (Å²) in [4.78, 5) is 24.6. The Bertz CT molecular complexity index is 538. The molecule has 1 fully saturated rings. The molecule has 1 aliphatic rings. The largest absolute Gasteiger partial charge is 0.338 e. The van der Waals surface area contributed by atoms with Crippen LogP contribution in [-0.2, 0) is 16.1 Å². The predicted octanol–water partition coefficient (Wildman–Crippen LogP) is 3.22. The maximum Gasteiger partial charge on any atom is 0.223 e. The van der Waals surface area contributed by atoms with Gasteiger partial charge in [0.15, 0.2) is 5.12 Å². The van der Waals surface area contributed by atoms with Crippen molar-refractivity contribution in [3.05, 3.63) is 34.1 Å². The Morgan fingerprint density at radius 2 is 2.30 bits per heavy atom. The SMILES string of the molecule is CC(=O)SCC1CC(=O)N(Cc2ccc(F)c(Br)c2)C1. The summed E-state index contributed by atoms with van der Waals surface area (Å²) in [5.74, 6) is 0.696. The number of carbonyl (C=O) groups excluding carboxylic acids is 2. The van der Waals surface area contributed by atoms with Crippen molar-refractivity contribution < 1.29 is 14.0 Å². The number of benzene rings is 1. The van der Waals surface area contributed by atoms with E-state index in [4.69, 9.17) is 0 Å². The lowest BCUT2D eigenvalue weighted by atomic mass is 10.1. The minimum absolute atomic E-state index is 0.0818. The van der Waals surface area contributed by atoms with Gasteiger partial charge in [-0.05, 0) is 39.5 Å². The summed E-state index contributed by atoms with van der Waals surface area (Å²) in [5, 5.41) is 0.0818. The van der Waals surface area contributed by atoms with E-state index in [0.29, 0.717) is 29.7 Å². The zero-order valence-electron chi connectivity index (χ0n) is 11.1. The molecule has 0 aliphatic carbocycles. The molecular weight excluding hydrogens is 345 g/mol. The van der Waals surface area contributed by atoms with Crippen LogP contribution in [-0.4, -0.2) is 28.2 Å². The van der Waals surface area contributed by atoms with Gasteiger partial charge >= 0.3 is 0 Å². The van der Waals surface area contributed by atoms with E-state index in [2.05, 4.69) is 15.9 Å². The van der Waals surface area contributed by atoms with E-state index in [1.807, 2.05) is 0 Å². The van der Waals surface area contributed by atoms with Gasteiger partial charge in [0.05, 0.1) is 4.47 Å². The van der Waals surface area contributed by atoms with Gasteiger partial charge in [-0.1, -0.05) is 17.8 Å². The molecule has 1 aliphatic heterocycles. The summed E-state index contributed by atoms with van der Waals surface area (Å²) in [7, 11) is 0. The molecular formula is C14H15BrFNO2S. The average molecular weight is 360 g/mol. The van der Waals surface area contributed by atoms with Gasteiger partial charge in [-0.15, -0.1) is 0 Å². The number of carbonyl (C=O) groups is 2. The topological polar surface area (TPSA) is 37.4 Å². The van der Waals surface area contributed by atoms with Crippen LogP contribution in [0.25, 0.3) is 0 Å². The molecule has 0 N–H and O–H groups in total. The van der Waals surface area contributed by atoms with Crippen LogP contribution in [0.3, 0.4) is 0 Å². The molecule has 0 aromatic heterocycles. The van der Waals surface area contributed by atoms with Gasteiger partial charge in [0, 0.05) is 32.2 Å². The van der Waals surface area contributed by atoms with Crippen molar-refractivity contribution in [1.29, 1.82) is 0 Å². The van der Waals surface area contributed by atoms with Gasteiger partial charge < -0.3 is 4.90 Å². The van der Waals surface area contributed by atoms with Crippen molar-refractivity contribution in [1.82, 2.24) is 4.90 Å². The molecule has 1 heterocycles. The summed E-state index contributed by atoms with van der Waals surface area (Å²) in [5.41, 5.74) is 0.895. The van der Waals surface area contributed by atoms with Crippen molar-refractivity contribution in [3.8, 4) is 0 Å². The monoisotopic (exact) mass is 359 g/mol. The lowest BCUT2D eigenvalue weighted by Crippen LogP contribution is -2.24. The summed E-state index contributed by atoms with van der Waals surface area (Å²) in [6.45, 7) is 2.68. The number of thioether (sulfide) groups is 1. The van der Waals surface area contributed by atoms with Gasteiger partial charge in [-0.3, -0.25) is 9.59 Å². The molecule has 6 heteroatoms. The molecule has 1 aromatic carbocycles. The third-order valence-electron chi connectivity index (χ3n) is 3.17. The van der Waals surface area contributed by atoms with Crippen LogP contribution in [0.15, 0.2) is 22.7 Å². The molecule has 1 atom stereocenters. The maximum atomic E-state index is 13.2. The Morgan fingerprint density at radius 3 is 2.95 bits per heavy atom. The highest BCUT2D eigenvalue weighted by molar-refractivity contribution is 9.10. The highest BCUT2D eigenvalue weighted by Gasteiger charge is 2.29. The van der Waals surface area contributed by atoms with E-state index in [-0.39, 0.29) is 22.8 Å². The summed E-state index contributed by atoms with van der Waals surface area (Å²) in [6.07, 6.45) is 0.489. The number of amides is 1. The summed E-state index contributed by atoms with van der Waals surface area (Å²) in [6, 6.07) is 4.77. The molecule has 0 saturated carbocycles. The predicted molar refractivity (Wildman–Crippen MR) is 80.8 cm³/mol. The number of nitrogens with zero attached hydrogens (tertiary/aromatic N) is 1. The van der Waals surface area contributed by atoms with Gasteiger partial charge in [-0.2, -0.15) is 0 Å². The maximum absolute atomic E-state index is 13.2. The molecule has 2 rings (SSSR count). The van der Waals surface area contributed by atoms with Gasteiger partial charge in [0.2, 0.25) is 5.91 Å². The van der Waals surface area contributed by atoms with Gasteiger partial charge in [0.1, 0.15) is 5.82 Å². The van der Waals surface area contributed by atoms with Crippen molar-refractivity contribution in [2.24, 2.45) is 5.92 Å². The highest BCUT2D eigenvalue weighted by atomic mass is 79.9. The first-order chi connectivity index (χ1) is 9.45. The number of likely N-dealkylation sites (tertiary alicyclic amines) is 1. The quantitative estimate of drug-likeness (QED) is 0.828. The molecule has 1 unspecified atom stereocenters. The van der Waals surface area contributed by atoms with E-state index in [1.165, 1.54) is 24.8 Å². The molecule has 0 bridgehead atoms. The second-order valence-corrected chi connectivity index (χ2v) is 6.95. The standard InChI is InChI=1S/C14H15BrFNO2S/c1-9(18)20-8-11-5-14(19)17(7-11)6-10-2-3-13(16)12(15)4-10/h2-4,11H,5-8H2,1H3.